The highest BCUT2D eigenvalue weighted by Crippen LogP contribution is 1.95. The first-order valence-corrected chi connectivity index (χ1v) is 4.02. The van der Waals surface area contributed by atoms with Crippen molar-refractivity contribution in [2.24, 2.45) is 0 Å². The van der Waals surface area contributed by atoms with Gasteiger partial charge < -0.3 is 4.90 Å². The minimum absolute atomic E-state index is 1.11. The lowest BCUT2D eigenvalue weighted by molar-refractivity contribution is 0.514. The zero-order valence-electron chi connectivity index (χ0n) is 8.54. The van der Waals surface area contributed by atoms with E-state index in [-0.39, 0.29) is 0 Å². The first kappa shape index (κ1) is 13.4. The Labute approximate surface area is 76.8 Å². The number of rotatable bonds is 3. The fourth-order valence-electron chi connectivity index (χ4n) is 0.492. The second kappa shape index (κ2) is 9.84. The Hall–Kier alpha value is -1.16. The molecule has 0 heterocycles. The van der Waals surface area contributed by atoms with Gasteiger partial charge in [0.05, 0.1) is 0 Å². The van der Waals surface area contributed by atoms with Crippen LogP contribution in [0.3, 0.4) is 0 Å². The highest BCUT2D eigenvalue weighted by molar-refractivity contribution is 5.08. The van der Waals surface area contributed by atoms with Gasteiger partial charge in [-0.1, -0.05) is 19.1 Å². The third kappa shape index (κ3) is 8.84. The maximum atomic E-state index is 4.00. The molecule has 0 N–H and O–H groups in total. The number of nitrogens with zero attached hydrogens (tertiary/aromatic N) is 1. The van der Waals surface area contributed by atoms with Crippen LogP contribution in [-0.4, -0.2) is 19.0 Å². The Morgan fingerprint density at radius 2 is 1.83 bits per heavy atom. The smallest absolute Gasteiger partial charge is 0.00957 e. The Morgan fingerprint density at radius 3 is 2.17 bits per heavy atom. The lowest BCUT2D eigenvalue weighted by Crippen LogP contribution is -2.07. The van der Waals surface area contributed by atoms with Crippen molar-refractivity contribution in [1.29, 1.82) is 0 Å². The lowest BCUT2D eigenvalue weighted by atomic mass is 10.3. The number of hydrogen-bond donors (Lipinski definition) is 0. The summed E-state index contributed by atoms with van der Waals surface area (Å²) in [5.74, 6) is 0. The van der Waals surface area contributed by atoms with Crippen LogP contribution in [0.25, 0.3) is 0 Å². The molecular formula is C11H19N. The van der Waals surface area contributed by atoms with Crippen molar-refractivity contribution in [2.45, 2.75) is 20.3 Å². The SMILES string of the molecule is C#C.CC/C=C\C=C(/C)N(C)C. The van der Waals surface area contributed by atoms with Gasteiger partial charge in [0.25, 0.3) is 0 Å². The Bertz CT molecular complexity index is 161. The molecule has 0 radical (unpaired) electrons. The van der Waals surface area contributed by atoms with E-state index in [1.54, 1.807) is 0 Å². The largest absolute Gasteiger partial charge is 0.381 e. The molecule has 68 valence electrons. The number of hydrogen-bond acceptors (Lipinski definition) is 1. The quantitative estimate of drug-likeness (QED) is 0.459. The third-order valence-electron chi connectivity index (χ3n) is 1.41. The van der Waals surface area contributed by atoms with Crippen molar-refractivity contribution in [2.75, 3.05) is 14.1 Å². The maximum absolute atomic E-state index is 4.00. The fraction of sp³-hybridized carbons (Fsp3) is 0.455. The van der Waals surface area contributed by atoms with Gasteiger partial charge >= 0.3 is 0 Å². The summed E-state index contributed by atoms with van der Waals surface area (Å²) in [5.41, 5.74) is 1.28. The standard InChI is InChI=1S/C9H17N.C2H2/c1-5-6-7-8-9(2)10(3)4;1-2/h6-8H,5H2,1-4H3;1-2H/b7-6-,9-8+;. The fourth-order valence-corrected chi connectivity index (χ4v) is 0.492. The van der Waals surface area contributed by atoms with Gasteiger partial charge in [-0.15, -0.1) is 12.8 Å². The van der Waals surface area contributed by atoms with E-state index in [4.69, 9.17) is 0 Å². The minimum Gasteiger partial charge on any atom is -0.381 e. The summed E-state index contributed by atoms with van der Waals surface area (Å²) < 4.78 is 0. The van der Waals surface area contributed by atoms with Crippen LogP contribution < -0.4 is 0 Å². The summed E-state index contributed by atoms with van der Waals surface area (Å²) in [5, 5.41) is 0. The van der Waals surface area contributed by atoms with E-state index in [1.807, 2.05) is 14.1 Å². The third-order valence-corrected chi connectivity index (χ3v) is 1.41. The van der Waals surface area contributed by atoms with Crippen molar-refractivity contribution < 1.29 is 0 Å². The van der Waals surface area contributed by atoms with Crippen molar-refractivity contribution >= 4 is 0 Å². The van der Waals surface area contributed by atoms with E-state index >= 15 is 0 Å². The molecule has 1 heteroatoms. The van der Waals surface area contributed by atoms with Crippen molar-refractivity contribution in [1.82, 2.24) is 4.90 Å². The van der Waals surface area contributed by atoms with Crippen LogP contribution in [0.2, 0.25) is 0 Å². The molecule has 1 nitrogen and oxygen atoms in total. The summed E-state index contributed by atoms with van der Waals surface area (Å²) >= 11 is 0. The molecular weight excluding hydrogens is 146 g/mol. The van der Waals surface area contributed by atoms with E-state index in [0.29, 0.717) is 0 Å². The van der Waals surface area contributed by atoms with Gasteiger partial charge in [-0.05, 0) is 19.4 Å². The first-order chi connectivity index (χ1) is 5.68. The molecule has 0 aromatic carbocycles. The van der Waals surface area contributed by atoms with Gasteiger partial charge in [-0.3, -0.25) is 0 Å². The molecule has 0 amide bonds. The molecule has 0 saturated carbocycles. The van der Waals surface area contributed by atoms with Crippen LogP contribution in [-0.2, 0) is 0 Å². The first-order valence-electron chi connectivity index (χ1n) is 4.02. The van der Waals surface area contributed by atoms with E-state index in [0.717, 1.165) is 6.42 Å². The molecule has 0 fully saturated rings. The van der Waals surface area contributed by atoms with Gasteiger partial charge in [-0.2, -0.15) is 0 Å². The van der Waals surface area contributed by atoms with Crippen molar-refractivity contribution in [3.8, 4) is 12.8 Å². The average Bonchev–Trinajstić information content (AvgIpc) is 2.08. The lowest BCUT2D eigenvalue weighted by Gasteiger charge is -2.10. The summed E-state index contributed by atoms with van der Waals surface area (Å²) in [6.45, 7) is 4.23. The maximum Gasteiger partial charge on any atom is 0.00957 e. The minimum atomic E-state index is 1.11. The van der Waals surface area contributed by atoms with Crippen molar-refractivity contribution in [3.05, 3.63) is 23.9 Å². The van der Waals surface area contributed by atoms with E-state index in [9.17, 15) is 0 Å². The van der Waals surface area contributed by atoms with Gasteiger partial charge in [0.1, 0.15) is 0 Å². The summed E-state index contributed by atoms with van der Waals surface area (Å²) in [4.78, 5) is 2.10. The van der Waals surface area contributed by atoms with Gasteiger partial charge in [0.2, 0.25) is 0 Å². The van der Waals surface area contributed by atoms with Crippen LogP contribution in [0.5, 0.6) is 0 Å². The van der Waals surface area contributed by atoms with Crippen LogP contribution in [0, 0.1) is 12.8 Å². The van der Waals surface area contributed by atoms with Crippen molar-refractivity contribution in [3.63, 3.8) is 0 Å². The number of allylic oxidation sites excluding steroid dienone is 4. The van der Waals surface area contributed by atoms with Gasteiger partial charge in [-0.25, -0.2) is 0 Å². The Kier molecular flexibility index (Phi) is 11.0. The predicted molar refractivity (Wildman–Crippen MR) is 56.8 cm³/mol. The second-order valence-electron chi connectivity index (χ2n) is 2.54. The molecule has 0 aromatic rings. The molecule has 0 aromatic heterocycles. The van der Waals surface area contributed by atoms with E-state index < -0.39 is 0 Å². The number of terminal acetylenes is 1. The summed E-state index contributed by atoms with van der Waals surface area (Å²) in [6, 6.07) is 0. The molecule has 0 aliphatic heterocycles. The average molecular weight is 165 g/mol. The molecule has 0 saturated heterocycles. The molecule has 0 unspecified atom stereocenters. The van der Waals surface area contributed by atoms with Gasteiger partial charge in [0.15, 0.2) is 0 Å². The zero-order chi connectivity index (χ0) is 9.98. The van der Waals surface area contributed by atoms with Crippen LogP contribution >= 0.6 is 0 Å². The molecule has 0 aliphatic carbocycles. The summed E-state index contributed by atoms with van der Waals surface area (Å²) in [6.07, 6.45) is 15.5. The predicted octanol–water partition coefficient (Wildman–Crippen LogP) is 2.67. The highest BCUT2D eigenvalue weighted by Gasteiger charge is 1.85. The Balaban J connectivity index is 0. The normalized spacial score (nSPS) is 10.7. The van der Waals surface area contributed by atoms with Crippen LogP contribution in [0.15, 0.2) is 23.9 Å². The monoisotopic (exact) mass is 165 g/mol. The molecule has 0 aliphatic rings. The molecule has 0 spiro atoms. The van der Waals surface area contributed by atoms with Gasteiger partial charge in [0, 0.05) is 19.8 Å². The van der Waals surface area contributed by atoms with Crippen LogP contribution in [0.1, 0.15) is 20.3 Å². The topological polar surface area (TPSA) is 3.24 Å². The highest BCUT2D eigenvalue weighted by atomic mass is 15.1. The van der Waals surface area contributed by atoms with Crippen LogP contribution in [0.4, 0.5) is 0 Å². The molecule has 12 heavy (non-hydrogen) atoms. The zero-order valence-corrected chi connectivity index (χ0v) is 8.54. The second-order valence-corrected chi connectivity index (χ2v) is 2.54. The molecule has 0 bridgehead atoms. The van der Waals surface area contributed by atoms with E-state index in [2.05, 4.69) is 49.8 Å². The van der Waals surface area contributed by atoms with E-state index in [1.165, 1.54) is 5.70 Å². The molecule has 0 rings (SSSR count). The summed E-state index contributed by atoms with van der Waals surface area (Å²) in [7, 11) is 4.09. The molecule has 0 atom stereocenters. The Morgan fingerprint density at radius 1 is 1.33 bits per heavy atom.